The zero-order valence-electron chi connectivity index (χ0n) is 16.6. The average molecular weight is 540 g/mol. The van der Waals surface area contributed by atoms with Crippen molar-refractivity contribution in [2.45, 2.75) is 16.8 Å². The van der Waals surface area contributed by atoms with Crippen molar-refractivity contribution in [1.29, 1.82) is 5.26 Å². The van der Waals surface area contributed by atoms with Crippen molar-refractivity contribution in [3.63, 3.8) is 0 Å². The van der Waals surface area contributed by atoms with E-state index in [0.717, 1.165) is 0 Å². The van der Waals surface area contributed by atoms with Crippen LogP contribution in [0.3, 0.4) is 0 Å². The number of carbonyl (C=O) groups excluding carboxylic acids is 1. The van der Waals surface area contributed by atoms with Gasteiger partial charge in [0.25, 0.3) is 0 Å². The number of benzene rings is 2. The summed E-state index contributed by atoms with van der Waals surface area (Å²) in [6.07, 6.45) is 2.20. The van der Waals surface area contributed by atoms with Gasteiger partial charge in [0.05, 0.1) is 29.4 Å². The Balaban J connectivity index is 1.98. The summed E-state index contributed by atoms with van der Waals surface area (Å²) < 4.78 is 31.4. The van der Waals surface area contributed by atoms with Crippen molar-refractivity contribution in [1.82, 2.24) is 9.55 Å². The highest BCUT2D eigenvalue weighted by Crippen LogP contribution is 2.41. The highest BCUT2D eigenvalue weighted by Gasteiger charge is 2.43. The van der Waals surface area contributed by atoms with Gasteiger partial charge in [-0.15, -0.1) is 0 Å². The van der Waals surface area contributed by atoms with Gasteiger partial charge in [-0.25, -0.2) is 4.98 Å². The third kappa shape index (κ3) is 4.98. The van der Waals surface area contributed by atoms with Crippen LogP contribution in [-0.4, -0.2) is 43.7 Å². The van der Waals surface area contributed by atoms with Crippen LogP contribution in [0.4, 0.5) is 8.78 Å². The van der Waals surface area contributed by atoms with Gasteiger partial charge >= 0.3 is 11.2 Å². The first-order valence-electron chi connectivity index (χ1n) is 9.17. The van der Waals surface area contributed by atoms with E-state index in [-0.39, 0.29) is 22.7 Å². The number of ketones is 1. The molecular formula is C21H16BrF2N3O3S2. The van der Waals surface area contributed by atoms with Crippen molar-refractivity contribution in [3.05, 3.63) is 52.8 Å². The van der Waals surface area contributed by atoms with E-state index in [9.17, 15) is 28.7 Å². The summed E-state index contributed by atoms with van der Waals surface area (Å²) >= 11 is 4.44. The fourth-order valence-electron chi connectivity index (χ4n) is 3.11. The Labute approximate surface area is 199 Å². The lowest BCUT2D eigenvalue weighted by Crippen LogP contribution is -2.30. The fraction of sp³-hybridized carbons (Fsp3) is 0.238. The number of nitriles is 1. The molecule has 0 spiro atoms. The van der Waals surface area contributed by atoms with Crippen molar-refractivity contribution < 1.29 is 23.5 Å². The van der Waals surface area contributed by atoms with E-state index >= 15 is 0 Å². The lowest BCUT2D eigenvalue weighted by Gasteiger charge is -2.18. The molecule has 1 heterocycles. The molecule has 2 aromatic carbocycles. The molecule has 0 amide bonds. The molecule has 0 bridgehead atoms. The fourth-order valence-corrected chi connectivity index (χ4v) is 5.18. The van der Waals surface area contributed by atoms with Crippen molar-refractivity contribution in [2.75, 3.05) is 12.0 Å². The van der Waals surface area contributed by atoms with Gasteiger partial charge < -0.3 is 5.11 Å². The number of thioether (sulfide) groups is 2. The Morgan fingerprint density at radius 1 is 1.28 bits per heavy atom. The Kier molecular flexibility index (Phi) is 7.59. The minimum Gasteiger partial charge on any atom is -0.481 e. The summed E-state index contributed by atoms with van der Waals surface area (Å²) in [4.78, 5) is 27.6. The van der Waals surface area contributed by atoms with Gasteiger partial charge in [0.2, 0.25) is 5.78 Å². The normalized spacial score (nSPS) is 12.5. The molecule has 0 fully saturated rings. The molecular weight excluding hydrogens is 524 g/mol. The van der Waals surface area contributed by atoms with E-state index in [0.29, 0.717) is 26.6 Å². The Hall–Kier alpha value is -2.42. The van der Waals surface area contributed by atoms with Gasteiger partial charge in [0, 0.05) is 22.9 Å². The lowest BCUT2D eigenvalue weighted by molar-refractivity contribution is -0.145. The molecule has 32 heavy (non-hydrogen) atoms. The molecule has 1 unspecified atom stereocenters. The summed E-state index contributed by atoms with van der Waals surface area (Å²) in [6, 6.07) is 12.4. The monoisotopic (exact) mass is 539 g/mol. The van der Waals surface area contributed by atoms with Crippen LogP contribution in [-0.2, 0) is 9.59 Å². The number of fused-ring (bicyclic) bond motifs is 1. The summed E-state index contributed by atoms with van der Waals surface area (Å²) in [6.45, 7) is 0. The van der Waals surface area contributed by atoms with Crippen molar-refractivity contribution >= 4 is 62.0 Å². The van der Waals surface area contributed by atoms with E-state index in [2.05, 4.69) is 27.0 Å². The zero-order valence-corrected chi connectivity index (χ0v) is 19.8. The van der Waals surface area contributed by atoms with Crippen LogP contribution in [0.15, 0.2) is 52.4 Å². The molecule has 0 aliphatic rings. The van der Waals surface area contributed by atoms with Crippen molar-refractivity contribution in [2.24, 2.45) is 5.92 Å². The number of halogens is 3. The number of carboxylic acid groups (broad SMARTS) is 1. The number of nitrogens with zero attached hydrogens (tertiary/aromatic N) is 3. The zero-order chi connectivity index (χ0) is 23.5. The number of hydrogen-bond donors (Lipinski definition) is 1. The predicted molar refractivity (Wildman–Crippen MR) is 123 cm³/mol. The Bertz CT molecular complexity index is 1230. The standard InChI is InChI=1S/C21H16BrF2N3O3S2/c1-31-11-13(19(29)30)8-17(28)21(23,24)32-20-26-10-18(22)27(20)16-7-6-12(9-25)14-4-2-3-5-15(14)16/h2-7,10,13H,8,11H2,1H3,(H,29,30). The number of Topliss-reactive ketones (excluding diaryl/α,β-unsaturated/α-hetero) is 1. The minimum absolute atomic E-state index is 0.0392. The molecule has 3 aromatic rings. The van der Waals surface area contributed by atoms with Crippen LogP contribution in [0, 0.1) is 17.2 Å². The van der Waals surface area contributed by atoms with Gasteiger partial charge in [-0.2, -0.15) is 25.8 Å². The van der Waals surface area contributed by atoms with E-state index in [1.54, 1.807) is 42.7 Å². The first kappa shape index (κ1) is 24.2. The molecule has 0 aliphatic carbocycles. The molecule has 1 N–H and O–H groups in total. The summed E-state index contributed by atoms with van der Waals surface area (Å²) in [5.41, 5.74) is 0.935. The Morgan fingerprint density at radius 2 is 1.97 bits per heavy atom. The quantitative estimate of drug-likeness (QED) is 0.365. The molecule has 11 heteroatoms. The number of aliphatic carboxylic acids is 1. The number of alkyl halides is 2. The van der Waals surface area contributed by atoms with E-state index in [1.165, 1.54) is 22.5 Å². The van der Waals surface area contributed by atoms with Crippen LogP contribution in [0.25, 0.3) is 16.5 Å². The molecule has 0 saturated carbocycles. The van der Waals surface area contributed by atoms with E-state index < -0.39 is 29.3 Å². The summed E-state index contributed by atoms with van der Waals surface area (Å²) in [7, 11) is 0. The van der Waals surface area contributed by atoms with Gasteiger partial charge in [-0.3, -0.25) is 14.2 Å². The summed E-state index contributed by atoms with van der Waals surface area (Å²) in [5.74, 6) is -3.90. The van der Waals surface area contributed by atoms with E-state index in [4.69, 9.17) is 0 Å². The lowest BCUT2D eigenvalue weighted by atomic mass is 10.0. The molecule has 0 aliphatic heterocycles. The second-order valence-electron chi connectivity index (χ2n) is 6.73. The molecule has 166 valence electrons. The maximum atomic E-state index is 14.8. The maximum Gasteiger partial charge on any atom is 0.358 e. The van der Waals surface area contributed by atoms with Gasteiger partial charge in [0.15, 0.2) is 5.16 Å². The van der Waals surface area contributed by atoms with Crippen molar-refractivity contribution in [3.8, 4) is 11.8 Å². The number of rotatable bonds is 9. The first-order chi connectivity index (χ1) is 15.2. The topological polar surface area (TPSA) is 96.0 Å². The summed E-state index contributed by atoms with van der Waals surface area (Å²) in [5, 5.41) is 15.8. The van der Waals surface area contributed by atoms with Gasteiger partial charge in [0.1, 0.15) is 4.60 Å². The van der Waals surface area contributed by atoms with Crippen LogP contribution >= 0.6 is 39.5 Å². The van der Waals surface area contributed by atoms with Gasteiger partial charge in [-0.05, 0) is 46.1 Å². The maximum absolute atomic E-state index is 14.8. The van der Waals surface area contributed by atoms with Gasteiger partial charge in [-0.1, -0.05) is 24.3 Å². The minimum atomic E-state index is -3.88. The van der Waals surface area contributed by atoms with Crippen LogP contribution < -0.4 is 0 Å². The second kappa shape index (κ2) is 10.0. The van der Waals surface area contributed by atoms with Crippen LogP contribution in [0.5, 0.6) is 0 Å². The predicted octanol–water partition coefficient (Wildman–Crippen LogP) is 5.37. The van der Waals surface area contributed by atoms with Crippen LogP contribution in [0.1, 0.15) is 12.0 Å². The third-order valence-corrected chi connectivity index (χ3v) is 6.89. The SMILES string of the molecule is CSCC(CC(=O)C(F)(F)Sc1ncc(Br)n1-c1ccc(C#N)c2ccccc12)C(=O)O. The molecule has 0 saturated heterocycles. The second-order valence-corrected chi connectivity index (χ2v) is 9.53. The smallest absolute Gasteiger partial charge is 0.358 e. The molecule has 3 rings (SSSR count). The highest BCUT2D eigenvalue weighted by molar-refractivity contribution is 9.10. The third-order valence-electron chi connectivity index (χ3n) is 4.64. The average Bonchev–Trinajstić information content (AvgIpc) is 3.11. The molecule has 6 nitrogen and oxygen atoms in total. The highest BCUT2D eigenvalue weighted by atomic mass is 79.9. The first-order valence-corrected chi connectivity index (χ1v) is 12.2. The molecule has 0 radical (unpaired) electrons. The number of carboxylic acids is 1. The largest absolute Gasteiger partial charge is 0.481 e. The molecule has 1 aromatic heterocycles. The number of imidazole rings is 1. The molecule has 1 atom stereocenters. The van der Waals surface area contributed by atoms with E-state index in [1.807, 2.05) is 0 Å². The number of aromatic nitrogens is 2. The number of carbonyl (C=O) groups is 2. The van der Waals surface area contributed by atoms with Crippen LogP contribution in [0.2, 0.25) is 0 Å². The Morgan fingerprint density at radius 3 is 2.59 bits per heavy atom. The number of hydrogen-bond acceptors (Lipinski definition) is 6.